The van der Waals surface area contributed by atoms with Gasteiger partial charge in [-0.2, -0.15) is 0 Å². The molecule has 1 amide bonds. The van der Waals surface area contributed by atoms with Gasteiger partial charge in [-0.25, -0.2) is 0 Å². The number of fused-ring (bicyclic) bond motifs is 4. The summed E-state index contributed by atoms with van der Waals surface area (Å²) in [5, 5.41) is 25.5. The Balaban J connectivity index is 1.42. The normalized spacial score (nSPS) is 41.2. The summed E-state index contributed by atoms with van der Waals surface area (Å²) in [6.07, 6.45) is 10.2. The zero-order valence-corrected chi connectivity index (χ0v) is 24.2. The first-order valence-electron chi connectivity index (χ1n) is 14.7. The molecule has 0 bridgehead atoms. The number of aliphatic hydroxyl groups is 2. The monoisotopic (exact) mass is 520 g/mol. The Hall–Kier alpha value is -1.95. The van der Waals surface area contributed by atoms with Gasteiger partial charge in [0.2, 0.25) is 0 Å². The highest BCUT2D eigenvalue weighted by atomic mass is 16.3. The molecule has 3 N–H and O–H groups in total. The van der Waals surface area contributed by atoms with Crippen molar-refractivity contribution in [2.75, 3.05) is 20.7 Å². The third-order valence-electron chi connectivity index (χ3n) is 11.9. The van der Waals surface area contributed by atoms with Gasteiger partial charge in [0.05, 0.1) is 12.7 Å². The molecule has 5 nitrogen and oxygen atoms in total. The van der Waals surface area contributed by atoms with Crippen LogP contribution in [0.25, 0.3) is 0 Å². The highest BCUT2D eigenvalue weighted by Gasteiger charge is 2.64. The van der Waals surface area contributed by atoms with Crippen molar-refractivity contribution in [2.45, 2.75) is 84.4 Å². The van der Waals surface area contributed by atoms with Gasteiger partial charge in [-0.3, -0.25) is 4.79 Å². The van der Waals surface area contributed by atoms with E-state index in [2.05, 4.69) is 64.2 Å². The lowest BCUT2D eigenvalue weighted by atomic mass is 9.51. The van der Waals surface area contributed by atoms with E-state index < -0.39 is 5.41 Å². The van der Waals surface area contributed by atoms with E-state index in [1.165, 1.54) is 11.1 Å². The molecule has 1 aromatic carbocycles. The zero-order chi connectivity index (χ0) is 27.5. The Morgan fingerprint density at radius 1 is 1.05 bits per heavy atom. The van der Waals surface area contributed by atoms with Crippen molar-refractivity contribution in [1.82, 2.24) is 10.2 Å². The number of carbonyl (C=O) groups is 1. The van der Waals surface area contributed by atoms with Gasteiger partial charge < -0.3 is 20.4 Å². The maximum Gasteiger partial charge on any atom is 0.251 e. The van der Waals surface area contributed by atoms with Crippen molar-refractivity contribution < 1.29 is 15.0 Å². The van der Waals surface area contributed by atoms with E-state index in [0.717, 1.165) is 38.5 Å². The average molecular weight is 521 g/mol. The Kier molecular flexibility index (Phi) is 7.20. The molecular formula is C33H48N2O3. The third kappa shape index (κ3) is 4.12. The molecule has 4 aliphatic rings. The molecule has 208 valence electrons. The summed E-state index contributed by atoms with van der Waals surface area (Å²) in [5.41, 5.74) is 3.30. The molecule has 38 heavy (non-hydrogen) atoms. The minimum Gasteiger partial charge on any atom is -0.396 e. The number of amides is 1. The molecule has 9 atom stereocenters. The second-order valence-corrected chi connectivity index (χ2v) is 13.7. The van der Waals surface area contributed by atoms with Crippen molar-refractivity contribution in [2.24, 2.45) is 34.0 Å². The summed E-state index contributed by atoms with van der Waals surface area (Å²) in [6, 6.07) is 9.59. The van der Waals surface area contributed by atoms with E-state index in [1.54, 1.807) is 0 Å². The van der Waals surface area contributed by atoms with Crippen molar-refractivity contribution in [3.05, 3.63) is 59.2 Å². The molecular weight excluding hydrogens is 472 g/mol. The van der Waals surface area contributed by atoms with Crippen LogP contribution < -0.4 is 5.32 Å². The second-order valence-electron chi connectivity index (χ2n) is 13.7. The van der Waals surface area contributed by atoms with Gasteiger partial charge in [0.15, 0.2) is 0 Å². The summed E-state index contributed by atoms with van der Waals surface area (Å²) < 4.78 is 0. The molecule has 0 unspecified atom stereocenters. The predicted octanol–water partition coefficient (Wildman–Crippen LogP) is 5.20. The van der Waals surface area contributed by atoms with Crippen LogP contribution in [0.3, 0.4) is 0 Å². The van der Waals surface area contributed by atoms with Crippen molar-refractivity contribution in [3.63, 3.8) is 0 Å². The summed E-state index contributed by atoms with van der Waals surface area (Å²) in [5.74, 6) is 0.834. The van der Waals surface area contributed by atoms with E-state index in [1.807, 2.05) is 30.3 Å². The molecule has 0 aromatic heterocycles. The number of aliphatic hydroxyl groups excluding tert-OH is 2. The van der Waals surface area contributed by atoms with Crippen LogP contribution in [0.1, 0.15) is 76.6 Å². The third-order valence-corrected chi connectivity index (χ3v) is 11.9. The van der Waals surface area contributed by atoms with E-state index >= 15 is 0 Å². The Bertz CT molecular complexity index is 1110. The lowest BCUT2D eigenvalue weighted by Gasteiger charge is -2.54. The van der Waals surface area contributed by atoms with Gasteiger partial charge in [-0.05, 0) is 94.3 Å². The van der Waals surface area contributed by atoms with Crippen LogP contribution in [0.5, 0.6) is 0 Å². The number of rotatable bonds is 5. The largest absolute Gasteiger partial charge is 0.396 e. The molecule has 0 saturated heterocycles. The Morgan fingerprint density at radius 2 is 1.71 bits per heavy atom. The van der Waals surface area contributed by atoms with Gasteiger partial charge in [0, 0.05) is 29.0 Å². The number of allylic oxidation sites excluding steroid dienone is 3. The molecule has 2 saturated carbocycles. The van der Waals surface area contributed by atoms with E-state index in [-0.39, 0.29) is 47.3 Å². The van der Waals surface area contributed by atoms with Gasteiger partial charge >= 0.3 is 0 Å². The summed E-state index contributed by atoms with van der Waals surface area (Å²) >= 11 is 0. The fraction of sp³-hybridized carbons (Fsp3) is 0.667. The van der Waals surface area contributed by atoms with E-state index in [0.29, 0.717) is 17.5 Å². The molecule has 0 spiro atoms. The first-order valence-corrected chi connectivity index (χ1v) is 14.7. The van der Waals surface area contributed by atoms with Crippen LogP contribution in [0.15, 0.2) is 53.6 Å². The minimum absolute atomic E-state index is 0.0377. The van der Waals surface area contributed by atoms with Crippen molar-refractivity contribution in [3.8, 4) is 0 Å². The lowest BCUT2D eigenvalue weighted by Crippen LogP contribution is -2.54. The van der Waals surface area contributed by atoms with E-state index in [9.17, 15) is 15.0 Å². The number of benzene rings is 1. The van der Waals surface area contributed by atoms with Crippen molar-refractivity contribution >= 4 is 5.91 Å². The lowest BCUT2D eigenvalue weighted by molar-refractivity contribution is -0.0243. The van der Waals surface area contributed by atoms with Gasteiger partial charge in [-0.15, -0.1) is 0 Å². The predicted molar refractivity (Wildman–Crippen MR) is 153 cm³/mol. The smallest absolute Gasteiger partial charge is 0.251 e. The fourth-order valence-corrected chi connectivity index (χ4v) is 9.18. The number of hydrogen-bond acceptors (Lipinski definition) is 4. The number of nitrogens with one attached hydrogen (secondary N) is 1. The first-order chi connectivity index (χ1) is 18.0. The van der Waals surface area contributed by atoms with Crippen LogP contribution in [-0.2, 0) is 0 Å². The minimum atomic E-state index is -0.413. The maximum absolute atomic E-state index is 13.1. The molecule has 5 rings (SSSR count). The molecule has 0 heterocycles. The maximum atomic E-state index is 13.1. The number of hydrogen-bond donors (Lipinski definition) is 3. The van der Waals surface area contributed by atoms with Crippen LogP contribution in [0, 0.1) is 34.0 Å². The van der Waals surface area contributed by atoms with Crippen LogP contribution in [0.2, 0.25) is 0 Å². The SMILES string of the molecule is C[C@@H]([C@H]1[C@H](O)C[C@@]2(C)[C@@H]3CC[C@@H]4C(=CC[C@H](NC(=O)c5ccccc5)[C@]4(C)CO)CC3=CC[C@]12C)N(C)C. The number of nitrogens with zero attached hydrogens (tertiary/aromatic N) is 1. The van der Waals surface area contributed by atoms with Gasteiger partial charge in [0.25, 0.3) is 5.91 Å². The highest BCUT2D eigenvalue weighted by Crippen LogP contribution is 2.68. The first kappa shape index (κ1) is 27.6. The second kappa shape index (κ2) is 9.91. The molecule has 2 fully saturated rings. The number of carbonyl (C=O) groups excluding carboxylic acids is 1. The summed E-state index contributed by atoms with van der Waals surface area (Å²) in [7, 11) is 4.26. The van der Waals surface area contributed by atoms with Gasteiger partial charge in [-0.1, -0.05) is 62.3 Å². The molecule has 1 aromatic rings. The quantitative estimate of drug-likeness (QED) is 0.467. The molecule has 0 radical (unpaired) electrons. The highest BCUT2D eigenvalue weighted by molar-refractivity contribution is 5.94. The van der Waals surface area contributed by atoms with Crippen LogP contribution in [-0.4, -0.2) is 59.9 Å². The fourth-order valence-electron chi connectivity index (χ4n) is 9.18. The van der Waals surface area contributed by atoms with Crippen LogP contribution >= 0.6 is 0 Å². The molecule has 0 aliphatic heterocycles. The van der Waals surface area contributed by atoms with E-state index in [4.69, 9.17) is 0 Å². The topological polar surface area (TPSA) is 72.8 Å². The van der Waals surface area contributed by atoms with Crippen molar-refractivity contribution in [1.29, 1.82) is 0 Å². The standard InChI is InChI=1S/C33H48N2O3/c1-21(35(5)6)29-27(37)19-33(4)26-14-13-25-23(18-24(26)16-17-32(29,33)3)12-15-28(31(25,2)20-36)34-30(38)22-10-8-7-9-11-22/h7-12,16,21,25-29,36-37H,13-15,17-20H2,1-6H3,(H,34,38)/t21-,25+,26+,27+,28-,29-,31+,32+,33-/m0/s1. The Morgan fingerprint density at radius 3 is 2.37 bits per heavy atom. The zero-order valence-electron chi connectivity index (χ0n) is 24.2. The Labute approximate surface area is 229 Å². The average Bonchev–Trinajstić information content (AvgIpc) is 3.00. The van der Waals surface area contributed by atoms with Gasteiger partial charge in [0.1, 0.15) is 0 Å². The van der Waals surface area contributed by atoms with Crippen LogP contribution in [0.4, 0.5) is 0 Å². The molecule has 4 aliphatic carbocycles. The molecule has 5 heteroatoms. The summed E-state index contributed by atoms with van der Waals surface area (Å²) in [6.45, 7) is 9.38. The summed E-state index contributed by atoms with van der Waals surface area (Å²) in [4.78, 5) is 15.3.